The minimum atomic E-state index is 0.311. The van der Waals surface area contributed by atoms with Gasteiger partial charge in [0.2, 0.25) is 5.88 Å². The number of hydrogen-bond donors (Lipinski definition) is 1. The zero-order chi connectivity index (χ0) is 9.26. The number of aromatic nitrogens is 1. The van der Waals surface area contributed by atoms with E-state index in [-0.39, 0.29) is 0 Å². The lowest BCUT2D eigenvalue weighted by atomic mass is 9.96. The van der Waals surface area contributed by atoms with Gasteiger partial charge in [0.1, 0.15) is 11.3 Å². The number of nitrogens with two attached hydrogens (primary N) is 1. The first-order chi connectivity index (χ1) is 6.24. The maximum absolute atomic E-state index is 5.72. The molecule has 0 atom stereocenters. The van der Waals surface area contributed by atoms with Gasteiger partial charge in [-0.2, -0.15) is 0 Å². The molecule has 1 aromatic rings. The molecule has 1 aliphatic rings. The third-order valence-corrected chi connectivity index (χ3v) is 2.33. The Hall–Kier alpha value is -0.960. The molecule has 0 aliphatic heterocycles. The van der Waals surface area contributed by atoms with E-state index in [1.54, 1.807) is 12.1 Å². The largest absolute Gasteiger partial charge is 0.474 e. The molecular weight excluding hydrogens is 188 g/mol. The number of pyridine rings is 1. The van der Waals surface area contributed by atoms with Gasteiger partial charge in [0.05, 0.1) is 0 Å². The molecule has 2 rings (SSSR count). The summed E-state index contributed by atoms with van der Waals surface area (Å²) in [7, 11) is 0. The molecule has 1 heterocycles. The molecular formula is C9H11ClN2O. The summed E-state index contributed by atoms with van der Waals surface area (Å²) in [5.41, 5.74) is 6.18. The normalized spacial score (nSPS) is 16.7. The summed E-state index contributed by atoms with van der Waals surface area (Å²) in [6.07, 6.45) is 3.76. The van der Waals surface area contributed by atoms with Crippen LogP contribution in [-0.2, 0) is 0 Å². The van der Waals surface area contributed by atoms with Gasteiger partial charge in [-0.05, 0) is 25.3 Å². The van der Waals surface area contributed by atoms with E-state index in [1.165, 1.54) is 6.42 Å². The first-order valence-corrected chi connectivity index (χ1v) is 4.71. The molecule has 70 valence electrons. The van der Waals surface area contributed by atoms with Crippen molar-refractivity contribution < 1.29 is 4.74 Å². The molecule has 3 nitrogen and oxygen atoms in total. The number of anilines is 1. The van der Waals surface area contributed by atoms with Crippen molar-refractivity contribution in [3.05, 3.63) is 17.3 Å². The number of rotatable bonds is 2. The fourth-order valence-electron chi connectivity index (χ4n) is 1.21. The van der Waals surface area contributed by atoms with Gasteiger partial charge in [-0.1, -0.05) is 11.6 Å². The summed E-state index contributed by atoms with van der Waals surface area (Å²) >= 11 is 5.72. The topological polar surface area (TPSA) is 48.1 Å². The summed E-state index contributed by atoms with van der Waals surface area (Å²) in [5, 5.41) is 0.384. The van der Waals surface area contributed by atoms with Gasteiger partial charge in [-0.15, -0.1) is 0 Å². The second-order valence-corrected chi connectivity index (χ2v) is 3.62. The molecule has 2 N–H and O–H groups in total. The van der Waals surface area contributed by atoms with Crippen LogP contribution >= 0.6 is 11.6 Å². The standard InChI is InChI=1S/C9H11ClN2O/c10-8-4-6(11)5-9(12-8)13-7-2-1-3-7/h4-5,7H,1-3H2,(H2,11,12). The first kappa shape index (κ1) is 8.63. The Balaban J connectivity index is 2.10. The van der Waals surface area contributed by atoms with Crippen LogP contribution < -0.4 is 10.5 Å². The maximum Gasteiger partial charge on any atom is 0.217 e. The number of halogens is 1. The van der Waals surface area contributed by atoms with Crippen LogP contribution in [0.5, 0.6) is 5.88 Å². The molecule has 4 heteroatoms. The summed E-state index contributed by atoms with van der Waals surface area (Å²) in [5.74, 6) is 0.537. The average molecular weight is 199 g/mol. The van der Waals surface area contributed by atoms with Crippen molar-refractivity contribution in [1.29, 1.82) is 0 Å². The van der Waals surface area contributed by atoms with Gasteiger partial charge >= 0.3 is 0 Å². The van der Waals surface area contributed by atoms with Gasteiger partial charge in [-0.3, -0.25) is 0 Å². The van der Waals surface area contributed by atoms with Crippen molar-refractivity contribution in [1.82, 2.24) is 4.98 Å². The van der Waals surface area contributed by atoms with E-state index in [0.717, 1.165) is 12.8 Å². The SMILES string of the molecule is Nc1cc(Cl)nc(OC2CCC2)c1. The van der Waals surface area contributed by atoms with Crippen molar-refractivity contribution in [3.63, 3.8) is 0 Å². The predicted octanol–water partition coefficient (Wildman–Crippen LogP) is 2.25. The fraction of sp³-hybridized carbons (Fsp3) is 0.444. The van der Waals surface area contributed by atoms with Crippen molar-refractivity contribution in [2.24, 2.45) is 0 Å². The van der Waals surface area contributed by atoms with Crippen LogP contribution in [0.15, 0.2) is 12.1 Å². The van der Waals surface area contributed by atoms with Crippen molar-refractivity contribution >= 4 is 17.3 Å². The summed E-state index contributed by atoms with van der Waals surface area (Å²) < 4.78 is 5.54. The highest BCUT2D eigenvalue weighted by atomic mass is 35.5. The molecule has 0 unspecified atom stereocenters. The zero-order valence-electron chi connectivity index (χ0n) is 7.16. The van der Waals surface area contributed by atoms with Gasteiger partial charge < -0.3 is 10.5 Å². The van der Waals surface area contributed by atoms with E-state index in [1.807, 2.05) is 0 Å². The van der Waals surface area contributed by atoms with Crippen LogP contribution in [0.25, 0.3) is 0 Å². The highest BCUT2D eigenvalue weighted by Gasteiger charge is 2.19. The summed E-state index contributed by atoms with van der Waals surface area (Å²) in [4.78, 5) is 4.02. The number of nitrogen functional groups attached to an aromatic ring is 1. The van der Waals surface area contributed by atoms with E-state index in [2.05, 4.69) is 4.98 Å². The fourth-order valence-corrected chi connectivity index (χ4v) is 1.42. The van der Waals surface area contributed by atoms with Crippen molar-refractivity contribution in [2.45, 2.75) is 25.4 Å². The lowest BCUT2D eigenvalue weighted by Gasteiger charge is -2.25. The molecule has 1 saturated carbocycles. The minimum absolute atomic E-state index is 0.311. The molecule has 1 aliphatic carbocycles. The Morgan fingerprint density at radius 2 is 2.23 bits per heavy atom. The molecule has 0 aromatic carbocycles. The quantitative estimate of drug-likeness (QED) is 0.742. The smallest absolute Gasteiger partial charge is 0.217 e. The number of nitrogens with zero attached hydrogens (tertiary/aromatic N) is 1. The van der Waals surface area contributed by atoms with E-state index < -0.39 is 0 Å². The van der Waals surface area contributed by atoms with Gasteiger partial charge in [0.25, 0.3) is 0 Å². The Morgan fingerprint density at radius 3 is 2.77 bits per heavy atom. The number of hydrogen-bond acceptors (Lipinski definition) is 3. The van der Waals surface area contributed by atoms with Crippen LogP contribution in [0.3, 0.4) is 0 Å². The predicted molar refractivity (Wildman–Crippen MR) is 51.9 cm³/mol. The molecule has 0 spiro atoms. The molecule has 1 fully saturated rings. The summed E-state index contributed by atoms with van der Waals surface area (Å²) in [6, 6.07) is 3.30. The van der Waals surface area contributed by atoms with E-state index in [9.17, 15) is 0 Å². The van der Waals surface area contributed by atoms with Gasteiger partial charge in [0, 0.05) is 11.8 Å². The third-order valence-electron chi connectivity index (χ3n) is 2.13. The van der Waals surface area contributed by atoms with Crippen LogP contribution in [0.1, 0.15) is 19.3 Å². The Bertz CT molecular complexity index is 292. The van der Waals surface area contributed by atoms with Crippen molar-refractivity contribution in [3.8, 4) is 5.88 Å². The third kappa shape index (κ3) is 2.04. The molecule has 0 bridgehead atoms. The van der Waals surface area contributed by atoms with E-state index in [4.69, 9.17) is 22.1 Å². The number of ether oxygens (including phenoxy) is 1. The summed E-state index contributed by atoms with van der Waals surface area (Å²) in [6.45, 7) is 0. The monoisotopic (exact) mass is 198 g/mol. The van der Waals surface area contributed by atoms with E-state index >= 15 is 0 Å². The van der Waals surface area contributed by atoms with Gasteiger partial charge in [-0.25, -0.2) is 4.98 Å². The van der Waals surface area contributed by atoms with Crippen LogP contribution in [-0.4, -0.2) is 11.1 Å². The Morgan fingerprint density at radius 1 is 1.46 bits per heavy atom. The second kappa shape index (κ2) is 3.42. The maximum atomic E-state index is 5.72. The average Bonchev–Trinajstić information content (AvgIpc) is 1.95. The Labute approximate surface area is 81.9 Å². The molecule has 1 aromatic heterocycles. The molecule has 0 radical (unpaired) electrons. The first-order valence-electron chi connectivity index (χ1n) is 4.34. The van der Waals surface area contributed by atoms with Crippen LogP contribution in [0.4, 0.5) is 5.69 Å². The van der Waals surface area contributed by atoms with E-state index in [0.29, 0.717) is 22.8 Å². The second-order valence-electron chi connectivity index (χ2n) is 3.23. The minimum Gasteiger partial charge on any atom is -0.474 e. The molecule has 0 amide bonds. The Kier molecular flexibility index (Phi) is 2.27. The highest BCUT2D eigenvalue weighted by Crippen LogP contribution is 2.26. The van der Waals surface area contributed by atoms with Gasteiger partial charge in [0.15, 0.2) is 0 Å². The lowest BCUT2D eigenvalue weighted by Crippen LogP contribution is -2.25. The zero-order valence-corrected chi connectivity index (χ0v) is 7.92. The van der Waals surface area contributed by atoms with Crippen LogP contribution in [0.2, 0.25) is 5.15 Å². The van der Waals surface area contributed by atoms with Crippen LogP contribution in [0, 0.1) is 0 Å². The molecule has 0 saturated heterocycles. The van der Waals surface area contributed by atoms with Crippen molar-refractivity contribution in [2.75, 3.05) is 5.73 Å². The lowest BCUT2D eigenvalue weighted by molar-refractivity contribution is 0.115. The highest BCUT2D eigenvalue weighted by molar-refractivity contribution is 6.29. The molecule has 13 heavy (non-hydrogen) atoms.